The zero-order valence-electron chi connectivity index (χ0n) is 27.9. The number of pyridine rings is 2. The largest absolute Gasteiger partial charge is 2.00 e. The van der Waals surface area contributed by atoms with Gasteiger partial charge in [0.25, 0.3) is 0 Å². The fraction of sp³-hybridized carbons (Fsp3) is 0.0455. The van der Waals surface area contributed by atoms with Gasteiger partial charge in [-0.2, -0.15) is 13.2 Å². The summed E-state index contributed by atoms with van der Waals surface area (Å²) in [5.74, 6) is 0. The molecule has 0 atom stereocenters. The number of alkyl halides is 3. The van der Waals surface area contributed by atoms with E-state index < -0.39 is 11.7 Å². The quantitative estimate of drug-likeness (QED) is 0.149. The summed E-state index contributed by atoms with van der Waals surface area (Å²) in [5.41, 5.74) is 10.6. The molecular weight excluding hydrogens is 830 g/mol. The van der Waals surface area contributed by atoms with E-state index in [4.69, 9.17) is 0 Å². The van der Waals surface area contributed by atoms with E-state index in [-0.39, 0.29) is 34.5 Å². The number of rotatable bonds is 2. The third-order valence-electron chi connectivity index (χ3n) is 10.1. The van der Waals surface area contributed by atoms with Crippen LogP contribution in [0.15, 0.2) is 146 Å². The molecule has 0 aliphatic carbocycles. The van der Waals surface area contributed by atoms with E-state index in [0.717, 1.165) is 39.0 Å². The molecule has 4 heterocycles. The van der Waals surface area contributed by atoms with Crippen molar-refractivity contribution in [1.29, 1.82) is 0 Å². The van der Waals surface area contributed by atoms with Crippen LogP contribution in [0.5, 0.6) is 0 Å². The molecule has 10 rings (SSSR count). The van der Waals surface area contributed by atoms with E-state index in [1.54, 1.807) is 6.20 Å². The number of nitrogens with zero attached hydrogens (tertiary/aromatic N) is 2. The van der Waals surface area contributed by atoms with Gasteiger partial charge in [0.15, 0.2) is 13.4 Å². The summed E-state index contributed by atoms with van der Waals surface area (Å²) in [6.45, 7) is 2.06. The van der Waals surface area contributed by atoms with Gasteiger partial charge in [-0.25, -0.2) is 0 Å². The van der Waals surface area contributed by atoms with Crippen molar-refractivity contribution in [2.75, 3.05) is 0 Å². The number of aryl methyl sites for hydroxylation is 1. The van der Waals surface area contributed by atoms with Gasteiger partial charge in [0.1, 0.15) is 0 Å². The van der Waals surface area contributed by atoms with Crippen LogP contribution in [0.2, 0.25) is 0 Å². The minimum absolute atomic E-state index is 0. The Morgan fingerprint density at radius 1 is 0.519 bits per heavy atom. The Hall–Kier alpha value is -5.25. The molecule has 0 bridgehead atoms. The minimum atomic E-state index is -4.41. The first-order chi connectivity index (χ1) is 24.9. The van der Waals surface area contributed by atoms with Crippen molar-refractivity contribution >= 4 is 67.7 Å². The summed E-state index contributed by atoms with van der Waals surface area (Å²) in [7, 11) is 0. The van der Waals surface area contributed by atoms with Crippen molar-refractivity contribution in [2.45, 2.75) is 13.1 Å². The standard InChI is InChI=1S/C22H12BF3N.C22H15BN.Pt/c24-22(25,26)15-10-11-17-20(13-15)23(19-9-4-12-27-21(17)19)18-8-3-6-14-5-1-2-7-16(14)18;1-15-11-12-18-21(14-15)23(20-10-5-13-24-22(18)20)19-9-4-7-16-6-2-3-8-17(16)19;/h1-10,12-13H;2-11,13-14H,1H3;/q2*-1;+2. The SMILES string of the molecule is Cc1c[c-]c2c(c1)B(c1cccc3ccccc13)c1cccnc1-2.FC(F)(F)c1c[c-]c2c(c1)B(c1cccc3ccccc13)c1cccnc1-2.[Pt+2]. The monoisotopic (exact) mass is 857 g/mol. The van der Waals surface area contributed by atoms with Gasteiger partial charge in [0, 0.05) is 12.4 Å². The Kier molecular flexibility index (Phi) is 8.71. The van der Waals surface area contributed by atoms with E-state index in [1.165, 1.54) is 38.8 Å². The second-order valence-electron chi connectivity index (χ2n) is 13.1. The molecule has 6 aromatic carbocycles. The molecule has 2 aromatic heterocycles. The number of fused-ring (bicyclic) bond motifs is 8. The molecule has 52 heavy (non-hydrogen) atoms. The van der Waals surface area contributed by atoms with Crippen molar-refractivity contribution in [3.8, 4) is 22.5 Å². The number of hydrogen-bond acceptors (Lipinski definition) is 2. The first-order valence-corrected chi connectivity index (χ1v) is 16.9. The van der Waals surface area contributed by atoms with E-state index in [2.05, 4.69) is 89.7 Å². The molecule has 0 N–H and O–H groups in total. The average molecular weight is 857 g/mol. The topological polar surface area (TPSA) is 25.8 Å². The molecule has 0 radical (unpaired) electrons. The second-order valence-corrected chi connectivity index (χ2v) is 13.1. The number of aromatic nitrogens is 2. The van der Waals surface area contributed by atoms with Gasteiger partial charge in [-0.15, -0.1) is 64.0 Å². The van der Waals surface area contributed by atoms with Crippen LogP contribution in [-0.4, -0.2) is 23.4 Å². The van der Waals surface area contributed by atoms with Crippen LogP contribution in [0.4, 0.5) is 13.2 Å². The molecule has 0 saturated heterocycles. The summed E-state index contributed by atoms with van der Waals surface area (Å²) in [4.78, 5) is 9.09. The Balaban J connectivity index is 0.000000147. The molecule has 8 aromatic rings. The molecule has 2 aliphatic heterocycles. The molecule has 250 valence electrons. The predicted octanol–water partition coefficient (Wildman–Crippen LogP) is 6.39. The zero-order chi connectivity index (χ0) is 34.7. The third kappa shape index (κ3) is 5.68. The molecule has 0 spiro atoms. The van der Waals surface area contributed by atoms with Crippen LogP contribution >= 0.6 is 0 Å². The maximum Gasteiger partial charge on any atom is 2.00 e. The summed E-state index contributed by atoms with van der Waals surface area (Å²) in [6, 6.07) is 50.0. The van der Waals surface area contributed by atoms with E-state index in [0.29, 0.717) is 16.7 Å². The van der Waals surface area contributed by atoms with Gasteiger partial charge in [-0.3, -0.25) is 0 Å². The molecule has 0 saturated carbocycles. The molecule has 8 heteroatoms. The number of hydrogen-bond donors (Lipinski definition) is 0. The Morgan fingerprint density at radius 3 is 1.52 bits per heavy atom. The molecule has 0 fully saturated rings. The van der Waals surface area contributed by atoms with Crippen molar-refractivity contribution < 1.29 is 34.2 Å². The van der Waals surface area contributed by atoms with Crippen LogP contribution in [0.1, 0.15) is 11.1 Å². The van der Waals surface area contributed by atoms with Crippen molar-refractivity contribution in [2.24, 2.45) is 0 Å². The van der Waals surface area contributed by atoms with Gasteiger partial charge in [-0.05, 0) is 50.6 Å². The maximum atomic E-state index is 13.3. The molecule has 2 nitrogen and oxygen atoms in total. The predicted molar refractivity (Wildman–Crippen MR) is 204 cm³/mol. The smallest absolute Gasteiger partial charge is 0.305 e. The van der Waals surface area contributed by atoms with Crippen LogP contribution in [0.3, 0.4) is 0 Å². The van der Waals surface area contributed by atoms with E-state index in [1.807, 2.05) is 66.9 Å². The summed E-state index contributed by atoms with van der Waals surface area (Å²) in [5, 5.41) is 4.69. The summed E-state index contributed by atoms with van der Waals surface area (Å²) in [6.07, 6.45) is -0.863. The van der Waals surface area contributed by atoms with Gasteiger partial charge < -0.3 is 9.97 Å². The molecule has 0 unspecified atom stereocenters. The Bertz CT molecular complexity index is 2630. The first-order valence-electron chi connectivity index (χ1n) is 16.9. The van der Waals surface area contributed by atoms with Crippen LogP contribution in [-0.2, 0) is 27.2 Å². The maximum absolute atomic E-state index is 13.3. The van der Waals surface area contributed by atoms with E-state index >= 15 is 0 Å². The number of benzene rings is 6. The van der Waals surface area contributed by atoms with Crippen molar-refractivity contribution in [1.82, 2.24) is 9.97 Å². The third-order valence-corrected chi connectivity index (χ3v) is 10.1. The van der Waals surface area contributed by atoms with Gasteiger partial charge in [0.2, 0.25) is 0 Å². The fourth-order valence-electron chi connectivity index (χ4n) is 7.90. The second kappa shape index (κ2) is 13.4. The number of halogens is 3. The minimum Gasteiger partial charge on any atom is -0.305 e. The van der Waals surface area contributed by atoms with Crippen LogP contribution in [0.25, 0.3) is 44.1 Å². The normalized spacial score (nSPS) is 12.4. The zero-order valence-corrected chi connectivity index (χ0v) is 30.1. The van der Waals surface area contributed by atoms with Crippen molar-refractivity contribution in [3.63, 3.8) is 0 Å². The van der Waals surface area contributed by atoms with Gasteiger partial charge in [-0.1, -0.05) is 126 Å². The summed E-state index contributed by atoms with van der Waals surface area (Å²) >= 11 is 0. The average Bonchev–Trinajstić information content (AvgIpc) is 3.66. The van der Waals surface area contributed by atoms with Crippen LogP contribution < -0.4 is 32.8 Å². The molecular formula is C44H27B2F3N2Pt. The van der Waals surface area contributed by atoms with Gasteiger partial charge >= 0.3 is 27.2 Å². The molecule has 0 amide bonds. The Morgan fingerprint density at radius 2 is 0.981 bits per heavy atom. The van der Waals surface area contributed by atoms with Crippen molar-refractivity contribution in [3.05, 3.63) is 169 Å². The first kappa shape index (κ1) is 33.9. The van der Waals surface area contributed by atoms with Gasteiger partial charge in [0.05, 0.1) is 0 Å². The van der Waals surface area contributed by atoms with E-state index in [9.17, 15) is 13.2 Å². The fourth-order valence-corrected chi connectivity index (χ4v) is 7.90. The van der Waals surface area contributed by atoms with Crippen LogP contribution in [0, 0.1) is 19.1 Å². The Labute approximate surface area is 315 Å². The summed E-state index contributed by atoms with van der Waals surface area (Å²) < 4.78 is 40.0. The molecule has 2 aliphatic rings.